The van der Waals surface area contributed by atoms with Crippen molar-refractivity contribution in [3.63, 3.8) is 0 Å². The number of aromatic nitrogens is 2. The normalized spacial score (nSPS) is 10.5. The average Bonchev–Trinajstić information content (AvgIpc) is 2.49. The number of anilines is 3. The Balaban J connectivity index is 2.03. The largest absolute Gasteiger partial charge is 0.397 e. The highest BCUT2D eigenvalue weighted by molar-refractivity contribution is 5.99. The number of primary amides is 1. The lowest BCUT2D eigenvalue weighted by molar-refractivity contribution is 0.100. The summed E-state index contributed by atoms with van der Waals surface area (Å²) in [5.74, 6) is -0.106. The first-order chi connectivity index (χ1) is 10.1. The Bertz CT molecular complexity index is 826. The smallest absolute Gasteiger partial charge is 0.250 e. The van der Waals surface area contributed by atoms with Crippen molar-refractivity contribution in [2.24, 2.45) is 5.73 Å². The summed E-state index contributed by atoms with van der Waals surface area (Å²) in [7, 11) is 0. The van der Waals surface area contributed by atoms with Crippen LogP contribution in [0.4, 0.5) is 17.2 Å². The van der Waals surface area contributed by atoms with Crippen LogP contribution < -0.4 is 16.8 Å². The van der Waals surface area contributed by atoms with Gasteiger partial charge in [0, 0.05) is 11.6 Å². The highest BCUT2D eigenvalue weighted by Gasteiger charge is 2.09. The number of hydrogen-bond donors (Lipinski definition) is 3. The number of para-hydroxylation sites is 1. The highest BCUT2D eigenvalue weighted by atomic mass is 16.1. The van der Waals surface area contributed by atoms with Gasteiger partial charge in [-0.15, -0.1) is 0 Å². The summed E-state index contributed by atoms with van der Waals surface area (Å²) in [5, 5.41) is 4.14. The number of fused-ring (bicyclic) bond motifs is 1. The number of nitrogens with one attached hydrogen (secondary N) is 1. The van der Waals surface area contributed by atoms with Crippen molar-refractivity contribution in [1.29, 1.82) is 0 Å². The van der Waals surface area contributed by atoms with Crippen LogP contribution in [0.1, 0.15) is 10.4 Å². The predicted molar refractivity (Wildman–Crippen MR) is 82.2 cm³/mol. The molecule has 3 aromatic rings. The molecule has 0 aliphatic rings. The van der Waals surface area contributed by atoms with Crippen LogP contribution in [-0.2, 0) is 0 Å². The van der Waals surface area contributed by atoms with E-state index in [-0.39, 0.29) is 11.3 Å². The lowest BCUT2D eigenvalue weighted by atomic mass is 10.2. The molecule has 21 heavy (non-hydrogen) atoms. The molecule has 0 radical (unpaired) electrons. The van der Waals surface area contributed by atoms with E-state index in [1.54, 1.807) is 6.20 Å². The minimum absolute atomic E-state index is 0.237. The van der Waals surface area contributed by atoms with E-state index in [9.17, 15) is 4.79 Å². The molecule has 1 aromatic carbocycles. The van der Waals surface area contributed by atoms with Gasteiger partial charge in [0.1, 0.15) is 5.82 Å². The lowest BCUT2D eigenvalue weighted by Gasteiger charge is -2.10. The van der Waals surface area contributed by atoms with Crippen molar-refractivity contribution in [1.82, 2.24) is 9.97 Å². The van der Waals surface area contributed by atoms with Gasteiger partial charge in [0.2, 0.25) is 0 Å². The third-order valence-corrected chi connectivity index (χ3v) is 3.10. The molecule has 6 heteroatoms. The first kappa shape index (κ1) is 12.9. The number of carbonyl (C=O) groups excluding carboxylic acids is 1. The molecule has 1 amide bonds. The van der Waals surface area contributed by atoms with E-state index in [1.807, 2.05) is 30.3 Å². The standard InChI is InChI=1S/C15H13N5O/c16-11-8-19-13(7-10(11)15(17)21)20-12-5-1-3-9-4-2-6-18-14(9)12/h1-8H,16H2,(H2,17,21)(H,19,20). The van der Waals surface area contributed by atoms with Crippen molar-refractivity contribution < 1.29 is 4.79 Å². The Morgan fingerprint density at radius 2 is 1.95 bits per heavy atom. The summed E-state index contributed by atoms with van der Waals surface area (Å²) < 4.78 is 0. The van der Waals surface area contributed by atoms with Gasteiger partial charge in [-0.2, -0.15) is 0 Å². The third kappa shape index (κ3) is 2.46. The van der Waals surface area contributed by atoms with Crippen molar-refractivity contribution in [3.8, 4) is 0 Å². The number of pyridine rings is 2. The molecule has 0 bridgehead atoms. The van der Waals surface area contributed by atoms with E-state index in [1.165, 1.54) is 12.3 Å². The lowest BCUT2D eigenvalue weighted by Crippen LogP contribution is -2.14. The number of carbonyl (C=O) groups is 1. The van der Waals surface area contributed by atoms with E-state index in [0.717, 1.165) is 16.6 Å². The van der Waals surface area contributed by atoms with Gasteiger partial charge in [-0.25, -0.2) is 4.98 Å². The van der Waals surface area contributed by atoms with Crippen LogP contribution >= 0.6 is 0 Å². The topological polar surface area (TPSA) is 107 Å². The van der Waals surface area contributed by atoms with Crippen molar-refractivity contribution in [2.75, 3.05) is 11.1 Å². The second-order valence-electron chi connectivity index (χ2n) is 4.53. The number of amides is 1. The molecule has 0 aliphatic heterocycles. The van der Waals surface area contributed by atoms with Gasteiger partial charge in [-0.3, -0.25) is 9.78 Å². The van der Waals surface area contributed by atoms with Gasteiger partial charge in [0.15, 0.2) is 0 Å². The number of hydrogen-bond acceptors (Lipinski definition) is 5. The monoisotopic (exact) mass is 279 g/mol. The molecule has 0 spiro atoms. The quantitative estimate of drug-likeness (QED) is 0.680. The Morgan fingerprint density at radius 1 is 1.14 bits per heavy atom. The summed E-state index contributed by atoms with van der Waals surface area (Å²) in [4.78, 5) is 19.8. The molecular weight excluding hydrogens is 266 g/mol. The Hall–Kier alpha value is -3.15. The summed E-state index contributed by atoms with van der Waals surface area (Å²) >= 11 is 0. The zero-order valence-corrected chi connectivity index (χ0v) is 11.1. The molecule has 0 saturated carbocycles. The number of nitrogen functional groups attached to an aromatic ring is 1. The SMILES string of the molecule is NC(=O)c1cc(Nc2cccc3cccnc23)ncc1N. The predicted octanol–water partition coefficient (Wildman–Crippen LogP) is 2.05. The van der Waals surface area contributed by atoms with Crippen molar-refractivity contribution >= 4 is 34.0 Å². The highest BCUT2D eigenvalue weighted by Crippen LogP contribution is 2.24. The Kier molecular flexibility index (Phi) is 3.12. The van der Waals surface area contributed by atoms with E-state index >= 15 is 0 Å². The maximum atomic E-state index is 11.3. The molecule has 0 unspecified atom stereocenters. The zero-order chi connectivity index (χ0) is 14.8. The fraction of sp³-hybridized carbons (Fsp3) is 0. The summed E-state index contributed by atoms with van der Waals surface area (Å²) in [5.41, 5.74) is 13.1. The molecule has 0 aliphatic carbocycles. The molecule has 0 fully saturated rings. The Morgan fingerprint density at radius 3 is 2.76 bits per heavy atom. The van der Waals surface area contributed by atoms with Crippen LogP contribution in [0, 0.1) is 0 Å². The van der Waals surface area contributed by atoms with Gasteiger partial charge in [0.05, 0.1) is 28.7 Å². The van der Waals surface area contributed by atoms with Crippen LogP contribution in [0.5, 0.6) is 0 Å². The van der Waals surface area contributed by atoms with E-state index in [2.05, 4.69) is 15.3 Å². The first-order valence-corrected chi connectivity index (χ1v) is 6.31. The average molecular weight is 279 g/mol. The van der Waals surface area contributed by atoms with E-state index in [0.29, 0.717) is 5.82 Å². The van der Waals surface area contributed by atoms with Crippen LogP contribution in [0.15, 0.2) is 48.8 Å². The molecule has 2 heterocycles. The van der Waals surface area contributed by atoms with Gasteiger partial charge in [-0.1, -0.05) is 18.2 Å². The molecule has 0 saturated heterocycles. The maximum Gasteiger partial charge on any atom is 0.250 e. The van der Waals surface area contributed by atoms with Crippen LogP contribution in [0.25, 0.3) is 10.9 Å². The summed E-state index contributed by atoms with van der Waals surface area (Å²) in [6.45, 7) is 0. The minimum atomic E-state index is -0.589. The van der Waals surface area contributed by atoms with E-state index in [4.69, 9.17) is 11.5 Å². The van der Waals surface area contributed by atoms with Gasteiger partial charge < -0.3 is 16.8 Å². The van der Waals surface area contributed by atoms with Crippen LogP contribution in [0.2, 0.25) is 0 Å². The van der Waals surface area contributed by atoms with Gasteiger partial charge in [-0.05, 0) is 18.2 Å². The van der Waals surface area contributed by atoms with Crippen molar-refractivity contribution in [3.05, 3.63) is 54.4 Å². The molecular formula is C15H13N5O. The van der Waals surface area contributed by atoms with E-state index < -0.39 is 5.91 Å². The van der Waals surface area contributed by atoms with Gasteiger partial charge in [0.25, 0.3) is 5.91 Å². The maximum absolute atomic E-state index is 11.3. The van der Waals surface area contributed by atoms with Crippen LogP contribution in [0.3, 0.4) is 0 Å². The number of benzene rings is 1. The fourth-order valence-electron chi connectivity index (χ4n) is 2.09. The molecule has 3 rings (SSSR count). The first-order valence-electron chi connectivity index (χ1n) is 6.31. The van der Waals surface area contributed by atoms with Crippen LogP contribution in [-0.4, -0.2) is 15.9 Å². The zero-order valence-electron chi connectivity index (χ0n) is 11.1. The number of nitrogens with zero attached hydrogens (tertiary/aromatic N) is 2. The Labute approximate surface area is 120 Å². The fourth-order valence-corrected chi connectivity index (χ4v) is 2.09. The minimum Gasteiger partial charge on any atom is -0.397 e. The van der Waals surface area contributed by atoms with Gasteiger partial charge >= 0.3 is 0 Å². The second kappa shape index (κ2) is 5.09. The summed E-state index contributed by atoms with van der Waals surface area (Å²) in [6.07, 6.45) is 3.12. The second-order valence-corrected chi connectivity index (χ2v) is 4.53. The third-order valence-electron chi connectivity index (χ3n) is 3.10. The number of rotatable bonds is 3. The molecule has 6 nitrogen and oxygen atoms in total. The van der Waals surface area contributed by atoms with Crippen molar-refractivity contribution in [2.45, 2.75) is 0 Å². The molecule has 2 aromatic heterocycles. The molecule has 5 N–H and O–H groups in total. The molecule has 104 valence electrons. The molecule has 0 atom stereocenters. The summed E-state index contributed by atoms with van der Waals surface area (Å²) in [6, 6.07) is 11.1. The number of nitrogens with two attached hydrogens (primary N) is 2.